The molecule has 1 aliphatic rings. The van der Waals surface area contributed by atoms with Gasteiger partial charge in [0.2, 0.25) is 0 Å². The van der Waals surface area contributed by atoms with Crippen LogP contribution < -0.4 is 4.74 Å². The monoisotopic (exact) mass is 380 g/mol. The van der Waals surface area contributed by atoms with Crippen LogP contribution in [0.2, 0.25) is 5.02 Å². The number of hydrogen-bond donors (Lipinski definition) is 0. The predicted molar refractivity (Wildman–Crippen MR) is 108 cm³/mol. The molecule has 138 valence electrons. The summed E-state index contributed by atoms with van der Waals surface area (Å²) in [5.41, 5.74) is 4.72. The Kier molecular flexibility index (Phi) is 4.75. The summed E-state index contributed by atoms with van der Waals surface area (Å²) in [5, 5.41) is 1.55. The fourth-order valence-electron chi connectivity index (χ4n) is 3.84. The van der Waals surface area contributed by atoms with Gasteiger partial charge in [-0.25, -0.2) is 0 Å². The molecule has 1 aromatic heterocycles. The molecule has 0 spiro atoms. The van der Waals surface area contributed by atoms with Crippen molar-refractivity contribution in [1.29, 1.82) is 0 Å². The number of carbonyl (C=O) groups excluding carboxylic acids is 1. The molecule has 1 heterocycles. The normalized spacial score (nSPS) is 12.9. The smallest absolute Gasteiger partial charge is 0.254 e. The molecule has 0 saturated heterocycles. The quantitative estimate of drug-likeness (QED) is 0.661. The highest BCUT2D eigenvalue weighted by atomic mass is 35.5. The lowest BCUT2D eigenvalue weighted by Gasteiger charge is -2.21. The molecule has 4 nitrogen and oxygen atoms in total. The summed E-state index contributed by atoms with van der Waals surface area (Å²) < 4.78 is 5.42. The van der Waals surface area contributed by atoms with Gasteiger partial charge in [-0.1, -0.05) is 29.8 Å². The van der Waals surface area contributed by atoms with E-state index in [9.17, 15) is 4.79 Å². The van der Waals surface area contributed by atoms with Gasteiger partial charge in [0.15, 0.2) is 0 Å². The topological polar surface area (TPSA) is 42.4 Å². The molecule has 0 unspecified atom stereocenters. The molecule has 0 bridgehead atoms. The van der Waals surface area contributed by atoms with Crippen molar-refractivity contribution in [3.8, 4) is 5.75 Å². The number of carbonyl (C=O) groups is 1. The van der Waals surface area contributed by atoms with Crippen molar-refractivity contribution < 1.29 is 9.53 Å². The predicted octanol–water partition coefficient (Wildman–Crippen LogP) is 4.66. The van der Waals surface area contributed by atoms with Crippen LogP contribution in [0.25, 0.3) is 10.9 Å². The van der Waals surface area contributed by atoms with Crippen LogP contribution in [-0.2, 0) is 19.4 Å². The fourth-order valence-corrected chi connectivity index (χ4v) is 4.04. The van der Waals surface area contributed by atoms with Crippen LogP contribution in [0, 0.1) is 0 Å². The van der Waals surface area contributed by atoms with Crippen molar-refractivity contribution in [2.75, 3.05) is 14.2 Å². The van der Waals surface area contributed by atoms with E-state index in [1.165, 1.54) is 0 Å². The van der Waals surface area contributed by atoms with Crippen molar-refractivity contribution in [1.82, 2.24) is 9.88 Å². The van der Waals surface area contributed by atoms with Crippen LogP contribution in [0.1, 0.15) is 33.6 Å². The van der Waals surface area contributed by atoms with Crippen LogP contribution in [0.3, 0.4) is 0 Å². The summed E-state index contributed by atoms with van der Waals surface area (Å²) in [4.78, 5) is 19.9. The first-order valence-corrected chi connectivity index (χ1v) is 9.44. The maximum absolute atomic E-state index is 13.4. The molecule has 0 N–H and O–H groups in total. The van der Waals surface area contributed by atoms with Gasteiger partial charge in [-0.3, -0.25) is 9.78 Å². The van der Waals surface area contributed by atoms with Gasteiger partial charge in [0.25, 0.3) is 5.91 Å². The third-order valence-corrected chi connectivity index (χ3v) is 5.36. The SMILES string of the molecule is COc1ccc(Cl)cc1CN(C)C(=O)c1c2c(nc3ccccc13)CCC2. The van der Waals surface area contributed by atoms with Crippen molar-refractivity contribution in [3.05, 3.63) is 69.9 Å². The third kappa shape index (κ3) is 3.26. The van der Waals surface area contributed by atoms with E-state index in [0.29, 0.717) is 11.6 Å². The Morgan fingerprint density at radius 2 is 2.04 bits per heavy atom. The molecule has 5 heteroatoms. The Hall–Kier alpha value is -2.59. The van der Waals surface area contributed by atoms with Gasteiger partial charge in [0.05, 0.1) is 18.2 Å². The van der Waals surface area contributed by atoms with Gasteiger partial charge in [-0.15, -0.1) is 0 Å². The number of methoxy groups -OCH3 is 1. The number of halogens is 1. The van der Waals surface area contributed by atoms with Gasteiger partial charge < -0.3 is 9.64 Å². The number of aryl methyl sites for hydroxylation is 1. The number of para-hydroxylation sites is 1. The van der Waals surface area contributed by atoms with E-state index < -0.39 is 0 Å². The first kappa shape index (κ1) is 17.8. The largest absolute Gasteiger partial charge is 0.496 e. The second-order valence-electron chi connectivity index (χ2n) is 6.90. The van der Waals surface area contributed by atoms with Crippen LogP contribution in [0.15, 0.2) is 42.5 Å². The number of fused-ring (bicyclic) bond motifs is 2. The minimum atomic E-state index is 0.00813. The zero-order chi connectivity index (χ0) is 19.0. The number of rotatable bonds is 4. The van der Waals surface area contributed by atoms with E-state index in [1.54, 1.807) is 18.1 Å². The summed E-state index contributed by atoms with van der Waals surface area (Å²) in [6, 6.07) is 13.4. The lowest BCUT2D eigenvalue weighted by atomic mass is 10.00. The number of benzene rings is 2. The van der Waals surface area contributed by atoms with Gasteiger partial charge in [-0.05, 0) is 49.1 Å². The Morgan fingerprint density at radius 3 is 2.85 bits per heavy atom. The van der Waals surface area contributed by atoms with Crippen molar-refractivity contribution in [2.45, 2.75) is 25.8 Å². The van der Waals surface area contributed by atoms with E-state index in [4.69, 9.17) is 21.3 Å². The third-order valence-electron chi connectivity index (χ3n) is 5.13. The number of amides is 1. The Balaban J connectivity index is 1.74. The van der Waals surface area contributed by atoms with Crippen LogP contribution in [0.5, 0.6) is 5.75 Å². The van der Waals surface area contributed by atoms with E-state index >= 15 is 0 Å². The number of nitrogens with zero attached hydrogens (tertiary/aromatic N) is 2. The molecule has 0 atom stereocenters. The summed E-state index contributed by atoms with van der Waals surface area (Å²) >= 11 is 6.14. The molecule has 0 saturated carbocycles. The maximum atomic E-state index is 13.4. The van der Waals surface area contributed by atoms with Gasteiger partial charge >= 0.3 is 0 Å². The molecule has 0 aliphatic heterocycles. The highest BCUT2D eigenvalue weighted by molar-refractivity contribution is 6.30. The molecule has 1 amide bonds. The number of hydrogen-bond acceptors (Lipinski definition) is 3. The van der Waals surface area contributed by atoms with Gasteiger partial charge in [-0.2, -0.15) is 0 Å². The van der Waals surface area contributed by atoms with Crippen LogP contribution in [-0.4, -0.2) is 29.9 Å². The molecule has 4 rings (SSSR count). The molecule has 0 radical (unpaired) electrons. The van der Waals surface area contributed by atoms with Crippen molar-refractivity contribution >= 4 is 28.4 Å². The molecule has 0 fully saturated rings. The minimum absolute atomic E-state index is 0.00813. The van der Waals surface area contributed by atoms with Crippen LogP contribution >= 0.6 is 11.6 Å². The average molecular weight is 381 g/mol. The number of aromatic nitrogens is 1. The Bertz CT molecular complexity index is 1030. The average Bonchev–Trinajstić information content (AvgIpc) is 3.13. The van der Waals surface area contributed by atoms with Gasteiger partial charge in [0, 0.05) is 35.3 Å². The molecular formula is C22H21ClN2O2. The first-order chi connectivity index (χ1) is 13.1. The summed E-state index contributed by atoms with van der Waals surface area (Å²) in [6.45, 7) is 0.425. The highest BCUT2D eigenvalue weighted by Crippen LogP contribution is 2.31. The number of ether oxygens (including phenoxy) is 1. The maximum Gasteiger partial charge on any atom is 0.254 e. The van der Waals surface area contributed by atoms with E-state index in [0.717, 1.165) is 58.3 Å². The summed E-state index contributed by atoms with van der Waals surface area (Å²) in [7, 11) is 3.44. The fraction of sp³-hybridized carbons (Fsp3) is 0.273. The van der Waals surface area contributed by atoms with Crippen LogP contribution in [0.4, 0.5) is 0 Å². The molecule has 3 aromatic rings. The lowest BCUT2D eigenvalue weighted by Crippen LogP contribution is -2.28. The van der Waals surface area contributed by atoms with Gasteiger partial charge in [0.1, 0.15) is 5.75 Å². The molecule has 1 aliphatic carbocycles. The molecule has 2 aromatic carbocycles. The number of pyridine rings is 1. The lowest BCUT2D eigenvalue weighted by molar-refractivity contribution is 0.0785. The molecular weight excluding hydrogens is 360 g/mol. The second-order valence-corrected chi connectivity index (χ2v) is 7.34. The Morgan fingerprint density at radius 1 is 1.22 bits per heavy atom. The van der Waals surface area contributed by atoms with Crippen molar-refractivity contribution in [2.24, 2.45) is 0 Å². The Labute approximate surface area is 163 Å². The van der Waals surface area contributed by atoms with E-state index in [-0.39, 0.29) is 5.91 Å². The van der Waals surface area contributed by atoms with E-state index in [1.807, 2.05) is 43.4 Å². The molecule has 27 heavy (non-hydrogen) atoms. The zero-order valence-corrected chi connectivity index (χ0v) is 16.2. The first-order valence-electron chi connectivity index (χ1n) is 9.07. The summed E-state index contributed by atoms with van der Waals surface area (Å²) in [6.07, 6.45) is 2.89. The van der Waals surface area contributed by atoms with E-state index in [2.05, 4.69) is 0 Å². The minimum Gasteiger partial charge on any atom is -0.496 e. The highest BCUT2D eigenvalue weighted by Gasteiger charge is 2.26. The second kappa shape index (κ2) is 7.20. The standard InChI is InChI=1S/C22H21ClN2O2/c1-25(13-14-12-15(23)10-11-20(14)27-2)22(26)21-16-6-3-4-8-18(16)24-19-9-5-7-17(19)21/h3-4,6,8,10-12H,5,7,9,13H2,1-2H3. The zero-order valence-electron chi connectivity index (χ0n) is 15.5. The van der Waals surface area contributed by atoms with Crippen molar-refractivity contribution in [3.63, 3.8) is 0 Å². The summed E-state index contributed by atoms with van der Waals surface area (Å²) in [5.74, 6) is 0.734.